The Morgan fingerprint density at radius 2 is 2.13 bits per heavy atom. The molecule has 1 aromatic rings. The van der Waals surface area contributed by atoms with Crippen molar-refractivity contribution in [2.24, 2.45) is 5.92 Å². The number of carbonyl (C=O) groups excluding carboxylic acids is 2. The van der Waals surface area contributed by atoms with Crippen LogP contribution in [-0.2, 0) is 16.0 Å². The van der Waals surface area contributed by atoms with Crippen molar-refractivity contribution in [3.05, 3.63) is 23.8 Å². The van der Waals surface area contributed by atoms with E-state index in [1.54, 1.807) is 19.1 Å². The summed E-state index contributed by atoms with van der Waals surface area (Å²) in [5.41, 5.74) is 0.977. The van der Waals surface area contributed by atoms with E-state index in [1.165, 1.54) is 0 Å². The molecule has 0 saturated carbocycles. The highest BCUT2D eigenvalue weighted by Crippen LogP contribution is 2.24. The number of amides is 2. The molecule has 126 valence electrons. The van der Waals surface area contributed by atoms with Gasteiger partial charge in [-0.05, 0) is 37.1 Å². The topological polar surface area (TPSA) is 67.9 Å². The minimum atomic E-state index is -0.241. The molecule has 1 fully saturated rings. The average Bonchev–Trinajstić information content (AvgIpc) is 2.95. The lowest BCUT2D eigenvalue weighted by Crippen LogP contribution is -2.34. The first kappa shape index (κ1) is 17.1. The fourth-order valence-electron chi connectivity index (χ4n) is 2.80. The molecule has 0 spiro atoms. The SMILES string of the molecule is CCN1C[C@@H](C(=O)NCCc2cc(OC)ccc2OC)CC1=O. The number of benzene rings is 1. The van der Waals surface area contributed by atoms with E-state index in [-0.39, 0.29) is 17.7 Å². The number of methoxy groups -OCH3 is 2. The molecule has 23 heavy (non-hydrogen) atoms. The highest BCUT2D eigenvalue weighted by Gasteiger charge is 2.33. The van der Waals surface area contributed by atoms with Crippen molar-refractivity contribution in [2.75, 3.05) is 33.9 Å². The zero-order chi connectivity index (χ0) is 16.8. The van der Waals surface area contributed by atoms with E-state index in [4.69, 9.17) is 9.47 Å². The minimum absolute atomic E-state index is 0.0575. The lowest BCUT2D eigenvalue weighted by atomic mass is 10.1. The molecule has 1 aliphatic heterocycles. The Bertz CT molecular complexity index is 574. The van der Waals surface area contributed by atoms with Crippen LogP contribution in [0.2, 0.25) is 0 Å². The maximum Gasteiger partial charge on any atom is 0.225 e. The lowest BCUT2D eigenvalue weighted by Gasteiger charge is -2.14. The normalized spacial score (nSPS) is 17.3. The molecule has 1 heterocycles. The first-order valence-electron chi connectivity index (χ1n) is 7.85. The number of hydrogen-bond acceptors (Lipinski definition) is 4. The summed E-state index contributed by atoms with van der Waals surface area (Å²) < 4.78 is 10.5. The molecule has 6 heteroatoms. The molecule has 1 aromatic carbocycles. The third-order valence-electron chi connectivity index (χ3n) is 4.15. The Kier molecular flexibility index (Phi) is 5.84. The van der Waals surface area contributed by atoms with Gasteiger partial charge in [-0.2, -0.15) is 0 Å². The molecule has 1 saturated heterocycles. The van der Waals surface area contributed by atoms with Crippen molar-refractivity contribution < 1.29 is 19.1 Å². The average molecular weight is 320 g/mol. The van der Waals surface area contributed by atoms with Crippen molar-refractivity contribution in [3.8, 4) is 11.5 Å². The highest BCUT2D eigenvalue weighted by molar-refractivity contribution is 5.89. The number of nitrogens with one attached hydrogen (secondary N) is 1. The quantitative estimate of drug-likeness (QED) is 0.820. The fourth-order valence-corrected chi connectivity index (χ4v) is 2.80. The van der Waals surface area contributed by atoms with Crippen LogP contribution in [0.25, 0.3) is 0 Å². The van der Waals surface area contributed by atoms with E-state index >= 15 is 0 Å². The van der Waals surface area contributed by atoms with Gasteiger partial charge in [-0.15, -0.1) is 0 Å². The van der Waals surface area contributed by atoms with Crippen molar-refractivity contribution in [3.63, 3.8) is 0 Å². The van der Waals surface area contributed by atoms with Gasteiger partial charge in [-0.1, -0.05) is 0 Å². The van der Waals surface area contributed by atoms with Crippen molar-refractivity contribution >= 4 is 11.8 Å². The number of rotatable bonds is 7. The summed E-state index contributed by atoms with van der Waals surface area (Å²) in [5, 5.41) is 2.91. The Morgan fingerprint density at radius 3 is 2.74 bits per heavy atom. The van der Waals surface area contributed by atoms with Gasteiger partial charge in [0.1, 0.15) is 11.5 Å². The third-order valence-corrected chi connectivity index (χ3v) is 4.15. The first-order chi connectivity index (χ1) is 11.1. The zero-order valence-electron chi connectivity index (χ0n) is 13.9. The molecule has 2 amide bonds. The lowest BCUT2D eigenvalue weighted by molar-refractivity contribution is -0.128. The molecule has 0 aliphatic carbocycles. The van der Waals surface area contributed by atoms with Crippen LogP contribution in [0.3, 0.4) is 0 Å². The van der Waals surface area contributed by atoms with Crippen LogP contribution in [0, 0.1) is 5.92 Å². The second-order valence-electron chi connectivity index (χ2n) is 5.55. The maximum absolute atomic E-state index is 12.2. The van der Waals surface area contributed by atoms with Gasteiger partial charge in [-0.3, -0.25) is 9.59 Å². The monoisotopic (exact) mass is 320 g/mol. The van der Waals surface area contributed by atoms with Gasteiger partial charge in [0.15, 0.2) is 0 Å². The minimum Gasteiger partial charge on any atom is -0.497 e. The van der Waals surface area contributed by atoms with Crippen molar-refractivity contribution in [1.29, 1.82) is 0 Å². The molecule has 1 atom stereocenters. The summed E-state index contributed by atoms with van der Waals surface area (Å²) in [6, 6.07) is 5.60. The number of likely N-dealkylation sites (tertiary alicyclic amines) is 1. The predicted octanol–water partition coefficient (Wildman–Crippen LogP) is 1.23. The number of hydrogen-bond donors (Lipinski definition) is 1. The van der Waals surface area contributed by atoms with Gasteiger partial charge in [0.05, 0.1) is 20.1 Å². The van der Waals surface area contributed by atoms with Crippen LogP contribution >= 0.6 is 0 Å². The Morgan fingerprint density at radius 1 is 1.35 bits per heavy atom. The summed E-state index contributed by atoms with van der Waals surface area (Å²) in [7, 11) is 3.23. The Balaban J connectivity index is 1.87. The van der Waals surface area contributed by atoms with Crippen LogP contribution < -0.4 is 14.8 Å². The van der Waals surface area contributed by atoms with Crippen molar-refractivity contribution in [2.45, 2.75) is 19.8 Å². The van der Waals surface area contributed by atoms with E-state index in [0.29, 0.717) is 32.5 Å². The molecule has 0 aromatic heterocycles. The summed E-state index contributed by atoms with van der Waals surface area (Å²) >= 11 is 0. The molecule has 6 nitrogen and oxygen atoms in total. The van der Waals surface area contributed by atoms with Crippen LogP contribution in [0.4, 0.5) is 0 Å². The van der Waals surface area contributed by atoms with E-state index < -0.39 is 0 Å². The second-order valence-corrected chi connectivity index (χ2v) is 5.55. The summed E-state index contributed by atoms with van der Waals surface area (Å²) in [5.74, 6) is 1.29. The third kappa shape index (κ3) is 4.15. The van der Waals surface area contributed by atoms with Gasteiger partial charge in [0.2, 0.25) is 11.8 Å². The highest BCUT2D eigenvalue weighted by atomic mass is 16.5. The largest absolute Gasteiger partial charge is 0.497 e. The van der Waals surface area contributed by atoms with Gasteiger partial charge in [-0.25, -0.2) is 0 Å². The molecule has 0 bridgehead atoms. The molecule has 0 unspecified atom stereocenters. The van der Waals surface area contributed by atoms with E-state index in [9.17, 15) is 9.59 Å². The van der Waals surface area contributed by atoms with Crippen molar-refractivity contribution in [1.82, 2.24) is 10.2 Å². The molecular formula is C17H24N2O4. The fraction of sp³-hybridized carbons (Fsp3) is 0.529. The van der Waals surface area contributed by atoms with Gasteiger partial charge >= 0.3 is 0 Å². The van der Waals surface area contributed by atoms with Crippen LogP contribution in [0.1, 0.15) is 18.9 Å². The predicted molar refractivity (Wildman–Crippen MR) is 86.6 cm³/mol. The Hall–Kier alpha value is -2.24. The smallest absolute Gasteiger partial charge is 0.225 e. The van der Waals surface area contributed by atoms with Gasteiger partial charge in [0.25, 0.3) is 0 Å². The summed E-state index contributed by atoms with van der Waals surface area (Å²) in [6.45, 7) is 3.60. The van der Waals surface area contributed by atoms with Crippen LogP contribution in [-0.4, -0.2) is 50.6 Å². The Labute approximate surface area is 136 Å². The van der Waals surface area contributed by atoms with Gasteiger partial charge in [0, 0.05) is 26.1 Å². The van der Waals surface area contributed by atoms with Crippen LogP contribution in [0.5, 0.6) is 11.5 Å². The summed E-state index contributed by atoms with van der Waals surface area (Å²) in [4.78, 5) is 25.6. The van der Waals surface area contributed by atoms with Crippen LogP contribution in [0.15, 0.2) is 18.2 Å². The number of nitrogens with zero attached hydrogens (tertiary/aromatic N) is 1. The second kappa shape index (κ2) is 7.85. The molecule has 0 radical (unpaired) electrons. The zero-order valence-corrected chi connectivity index (χ0v) is 13.9. The standard InChI is InChI=1S/C17H24N2O4/c1-4-19-11-13(10-16(19)20)17(21)18-8-7-12-9-14(22-2)5-6-15(12)23-3/h5-6,9,13H,4,7-8,10-11H2,1-3H3,(H,18,21)/t13-/m0/s1. The number of ether oxygens (including phenoxy) is 2. The maximum atomic E-state index is 12.2. The number of carbonyl (C=O) groups is 2. The molecular weight excluding hydrogens is 296 g/mol. The van der Waals surface area contributed by atoms with E-state index in [1.807, 2.05) is 25.1 Å². The first-order valence-corrected chi connectivity index (χ1v) is 7.85. The van der Waals surface area contributed by atoms with E-state index in [2.05, 4.69) is 5.32 Å². The molecule has 1 aliphatic rings. The van der Waals surface area contributed by atoms with Gasteiger partial charge < -0.3 is 19.7 Å². The van der Waals surface area contributed by atoms with E-state index in [0.717, 1.165) is 17.1 Å². The summed E-state index contributed by atoms with van der Waals surface area (Å²) in [6.07, 6.45) is 0.951. The molecule has 2 rings (SSSR count). The molecule has 1 N–H and O–H groups in total.